The second kappa shape index (κ2) is 3.99. The van der Waals surface area contributed by atoms with Crippen molar-refractivity contribution in [2.45, 2.75) is 19.9 Å². The highest BCUT2D eigenvalue weighted by Gasteiger charge is 2.01. The molecule has 0 saturated heterocycles. The summed E-state index contributed by atoms with van der Waals surface area (Å²) in [6.07, 6.45) is 1.46. The Morgan fingerprint density at radius 3 is 2.92 bits per heavy atom. The first-order chi connectivity index (χ1) is 5.72. The largest absolute Gasteiger partial charge is 0.365 e. The van der Waals surface area contributed by atoms with E-state index >= 15 is 0 Å². The van der Waals surface area contributed by atoms with Crippen LogP contribution in [0.1, 0.15) is 12.6 Å². The van der Waals surface area contributed by atoms with Gasteiger partial charge in [0.05, 0.1) is 6.04 Å². The molecule has 4 heteroatoms. The molecule has 1 atom stereocenters. The Hall–Kier alpha value is -1.19. The van der Waals surface area contributed by atoms with E-state index in [0.717, 1.165) is 5.69 Å². The molecule has 0 saturated carbocycles. The first-order valence-corrected chi connectivity index (χ1v) is 3.83. The summed E-state index contributed by atoms with van der Waals surface area (Å²) in [5.41, 5.74) is 0.874. The van der Waals surface area contributed by atoms with Crippen LogP contribution in [0.4, 0.5) is 10.2 Å². The van der Waals surface area contributed by atoms with Crippen molar-refractivity contribution in [3.8, 4) is 0 Å². The summed E-state index contributed by atoms with van der Waals surface area (Å²) in [4.78, 5) is 7.87. The average molecular weight is 169 g/mol. The first-order valence-electron chi connectivity index (χ1n) is 3.83. The lowest BCUT2D eigenvalue weighted by atomic mass is 10.3. The lowest BCUT2D eigenvalue weighted by Crippen LogP contribution is -2.17. The maximum Gasteiger partial charge on any atom is 0.129 e. The summed E-state index contributed by atoms with van der Waals surface area (Å²) in [5, 5.41) is 2.91. The van der Waals surface area contributed by atoms with Gasteiger partial charge in [-0.25, -0.2) is 14.4 Å². The molecular formula is C8H12FN3. The van der Waals surface area contributed by atoms with Crippen LogP contribution in [0, 0.1) is 6.92 Å². The van der Waals surface area contributed by atoms with Gasteiger partial charge in [-0.3, -0.25) is 0 Å². The lowest BCUT2D eigenvalue weighted by molar-refractivity contribution is 0.459. The number of halogens is 1. The smallest absolute Gasteiger partial charge is 0.129 e. The molecule has 0 aliphatic heterocycles. The zero-order chi connectivity index (χ0) is 8.97. The van der Waals surface area contributed by atoms with Crippen molar-refractivity contribution in [3.63, 3.8) is 0 Å². The molecule has 12 heavy (non-hydrogen) atoms. The number of aromatic nitrogens is 2. The molecule has 0 fully saturated rings. The number of rotatable bonds is 3. The highest BCUT2D eigenvalue weighted by Crippen LogP contribution is 2.04. The SMILES string of the molecule is Cc1cc(NC(C)CF)ncn1. The Labute approximate surface area is 71.0 Å². The van der Waals surface area contributed by atoms with E-state index in [0.29, 0.717) is 5.82 Å². The number of nitrogens with one attached hydrogen (secondary N) is 1. The van der Waals surface area contributed by atoms with E-state index in [4.69, 9.17) is 0 Å². The van der Waals surface area contributed by atoms with Crippen molar-refractivity contribution in [2.75, 3.05) is 12.0 Å². The number of nitrogens with zero attached hydrogens (tertiary/aromatic N) is 2. The van der Waals surface area contributed by atoms with Crippen molar-refractivity contribution in [1.29, 1.82) is 0 Å². The number of anilines is 1. The van der Waals surface area contributed by atoms with Crippen molar-refractivity contribution in [3.05, 3.63) is 18.1 Å². The topological polar surface area (TPSA) is 37.8 Å². The highest BCUT2D eigenvalue weighted by atomic mass is 19.1. The van der Waals surface area contributed by atoms with Gasteiger partial charge in [0.15, 0.2) is 0 Å². The van der Waals surface area contributed by atoms with Gasteiger partial charge in [-0.2, -0.15) is 0 Å². The predicted octanol–water partition coefficient (Wildman–Crippen LogP) is 1.55. The van der Waals surface area contributed by atoms with E-state index in [1.165, 1.54) is 6.33 Å². The summed E-state index contributed by atoms with van der Waals surface area (Å²) in [5.74, 6) is 0.674. The fourth-order valence-electron chi connectivity index (χ4n) is 0.824. The maximum atomic E-state index is 12.1. The number of hydrogen-bond donors (Lipinski definition) is 1. The molecule has 0 bridgehead atoms. The van der Waals surface area contributed by atoms with Crippen molar-refractivity contribution in [1.82, 2.24) is 9.97 Å². The van der Waals surface area contributed by atoms with Crippen LogP contribution < -0.4 is 5.32 Å². The minimum absolute atomic E-state index is 0.195. The second-order valence-corrected chi connectivity index (χ2v) is 2.74. The fourth-order valence-corrected chi connectivity index (χ4v) is 0.824. The lowest BCUT2D eigenvalue weighted by Gasteiger charge is -2.09. The third-order valence-corrected chi connectivity index (χ3v) is 1.43. The van der Waals surface area contributed by atoms with Gasteiger partial charge in [-0.1, -0.05) is 0 Å². The van der Waals surface area contributed by atoms with E-state index in [1.807, 2.05) is 6.92 Å². The van der Waals surface area contributed by atoms with Crippen LogP contribution in [0.3, 0.4) is 0 Å². The molecule has 1 rings (SSSR count). The monoisotopic (exact) mass is 169 g/mol. The van der Waals surface area contributed by atoms with Crippen LogP contribution in [-0.2, 0) is 0 Å². The molecule has 0 aliphatic rings. The zero-order valence-corrected chi connectivity index (χ0v) is 7.21. The molecule has 1 unspecified atom stereocenters. The molecule has 66 valence electrons. The van der Waals surface area contributed by atoms with Gasteiger partial charge in [0.1, 0.15) is 18.8 Å². The van der Waals surface area contributed by atoms with Crippen LogP contribution >= 0.6 is 0 Å². The Morgan fingerprint density at radius 2 is 2.33 bits per heavy atom. The quantitative estimate of drug-likeness (QED) is 0.746. The third kappa shape index (κ3) is 2.45. The van der Waals surface area contributed by atoms with Crippen LogP contribution in [0.2, 0.25) is 0 Å². The first kappa shape index (κ1) is 8.90. The minimum Gasteiger partial charge on any atom is -0.365 e. The Morgan fingerprint density at radius 1 is 1.58 bits per heavy atom. The molecule has 3 nitrogen and oxygen atoms in total. The van der Waals surface area contributed by atoms with Gasteiger partial charge in [0.2, 0.25) is 0 Å². The van der Waals surface area contributed by atoms with Gasteiger partial charge in [-0.15, -0.1) is 0 Å². The molecule has 0 spiro atoms. The average Bonchev–Trinajstić information content (AvgIpc) is 2.04. The van der Waals surface area contributed by atoms with Gasteiger partial charge in [-0.05, 0) is 13.8 Å². The van der Waals surface area contributed by atoms with Gasteiger partial charge < -0.3 is 5.32 Å². The van der Waals surface area contributed by atoms with Gasteiger partial charge in [0.25, 0.3) is 0 Å². The molecule has 0 radical (unpaired) electrons. The molecule has 0 amide bonds. The van der Waals surface area contributed by atoms with Crippen LogP contribution in [0.5, 0.6) is 0 Å². The van der Waals surface area contributed by atoms with Gasteiger partial charge >= 0.3 is 0 Å². The van der Waals surface area contributed by atoms with Crippen molar-refractivity contribution in [2.24, 2.45) is 0 Å². The maximum absolute atomic E-state index is 12.1. The Bertz CT molecular complexity index is 252. The highest BCUT2D eigenvalue weighted by molar-refractivity contribution is 5.35. The minimum atomic E-state index is -0.400. The third-order valence-electron chi connectivity index (χ3n) is 1.43. The standard InChI is InChI=1S/C8H12FN3/c1-6-3-8(11-5-10-6)12-7(2)4-9/h3,5,7H,4H2,1-2H3,(H,10,11,12). The van der Waals surface area contributed by atoms with Crippen molar-refractivity contribution < 1.29 is 4.39 Å². The summed E-state index contributed by atoms with van der Waals surface area (Å²) in [6.45, 7) is 3.23. The van der Waals surface area contributed by atoms with E-state index in [1.54, 1.807) is 13.0 Å². The van der Waals surface area contributed by atoms with E-state index < -0.39 is 6.67 Å². The molecule has 1 N–H and O–H groups in total. The summed E-state index contributed by atoms with van der Waals surface area (Å²) in [7, 11) is 0. The predicted molar refractivity (Wildman–Crippen MR) is 45.8 cm³/mol. The van der Waals surface area contributed by atoms with E-state index in [-0.39, 0.29) is 6.04 Å². The van der Waals surface area contributed by atoms with Gasteiger partial charge in [0, 0.05) is 11.8 Å². The van der Waals surface area contributed by atoms with Crippen LogP contribution in [-0.4, -0.2) is 22.7 Å². The molecule has 1 aromatic heterocycles. The summed E-state index contributed by atoms with van der Waals surface area (Å²) >= 11 is 0. The molecular weight excluding hydrogens is 157 g/mol. The molecule has 0 aromatic carbocycles. The van der Waals surface area contributed by atoms with Crippen molar-refractivity contribution >= 4 is 5.82 Å². The zero-order valence-electron chi connectivity index (χ0n) is 7.21. The number of hydrogen-bond acceptors (Lipinski definition) is 3. The Balaban J connectivity index is 2.63. The normalized spacial score (nSPS) is 12.6. The fraction of sp³-hybridized carbons (Fsp3) is 0.500. The number of alkyl halides is 1. The van der Waals surface area contributed by atoms with E-state index in [2.05, 4.69) is 15.3 Å². The van der Waals surface area contributed by atoms with E-state index in [9.17, 15) is 4.39 Å². The second-order valence-electron chi connectivity index (χ2n) is 2.74. The van der Waals surface area contributed by atoms with Crippen LogP contribution in [0.25, 0.3) is 0 Å². The Kier molecular flexibility index (Phi) is 2.96. The molecule has 1 aromatic rings. The van der Waals surface area contributed by atoms with Crippen LogP contribution in [0.15, 0.2) is 12.4 Å². The number of aryl methyl sites for hydroxylation is 1. The summed E-state index contributed by atoms with van der Waals surface area (Å²) in [6, 6.07) is 1.59. The summed E-state index contributed by atoms with van der Waals surface area (Å²) < 4.78 is 12.1. The molecule has 0 aliphatic carbocycles. The molecule has 1 heterocycles.